The average molecular weight is 296 g/mol. The molecule has 0 aliphatic carbocycles. The lowest BCUT2D eigenvalue weighted by molar-refractivity contribution is 0.111. The Kier molecular flexibility index (Phi) is 7.27. The summed E-state index contributed by atoms with van der Waals surface area (Å²) in [4.78, 5) is 1.98. The van der Waals surface area contributed by atoms with Crippen molar-refractivity contribution >= 4 is 0 Å². The second kappa shape index (κ2) is 8.71. The molecule has 0 saturated carbocycles. The Morgan fingerprint density at radius 1 is 1.24 bits per heavy atom. The van der Waals surface area contributed by atoms with Gasteiger partial charge in [-0.2, -0.15) is 5.26 Å². The first-order valence-electron chi connectivity index (χ1n) is 7.16. The van der Waals surface area contributed by atoms with Crippen molar-refractivity contribution in [3.63, 3.8) is 0 Å². The lowest BCUT2D eigenvalue weighted by Gasteiger charge is -2.25. The van der Waals surface area contributed by atoms with Crippen LogP contribution in [0.4, 0.5) is 8.78 Å². The zero-order valence-corrected chi connectivity index (χ0v) is 12.5. The first-order chi connectivity index (χ1) is 9.93. The van der Waals surface area contributed by atoms with Crippen LogP contribution in [-0.2, 0) is 0 Å². The molecule has 0 radical (unpaired) electrons. The summed E-state index contributed by atoms with van der Waals surface area (Å²) in [7, 11) is 0. The molecule has 0 saturated heterocycles. The maximum atomic E-state index is 13.2. The van der Waals surface area contributed by atoms with Crippen molar-refractivity contribution < 1.29 is 13.9 Å². The van der Waals surface area contributed by atoms with Gasteiger partial charge < -0.3 is 5.11 Å². The number of halogens is 2. The second-order valence-corrected chi connectivity index (χ2v) is 5.58. The molecule has 0 heterocycles. The third-order valence-electron chi connectivity index (χ3n) is 3.32. The highest BCUT2D eigenvalue weighted by atomic mass is 19.2. The van der Waals surface area contributed by atoms with E-state index in [0.717, 1.165) is 25.1 Å². The van der Waals surface area contributed by atoms with Crippen molar-refractivity contribution in [3.8, 4) is 6.07 Å². The summed E-state index contributed by atoms with van der Waals surface area (Å²) in [6.07, 6.45) is 0.435. The number of hydrogen-bond acceptors (Lipinski definition) is 3. The fourth-order valence-electron chi connectivity index (χ4n) is 2.01. The van der Waals surface area contributed by atoms with E-state index >= 15 is 0 Å². The Morgan fingerprint density at radius 2 is 1.95 bits per heavy atom. The first-order valence-corrected chi connectivity index (χ1v) is 7.16. The number of rotatable bonds is 8. The van der Waals surface area contributed by atoms with Crippen LogP contribution in [0.1, 0.15) is 38.4 Å². The first kappa shape index (κ1) is 17.5. The normalized spacial score (nSPS) is 12.7. The molecule has 0 fully saturated rings. The van der Waals surface area contributed by atoms with Gasteiger partial charge in [-0.05, 0) is 36.6 Å². The number of aliphatic hydroxyl groups is 1. The van der Waals surface area contributed by atoms with Crippen molar-refractivity contribution in [2.24, 2.45) is 5.92 Å². The minimum Gasteiger partial charge on any atom is -0.387 e. The quantitative estimate of drug-likeness (QED) is 0.801. The lowest BCUT2D eigenvalue weighted by atomic mass is 10.1. The van der Waals surface area contributed by atoms with Crippen LogP contribution >= 0.6 is 0 Å². The van der Waals surface area contributed by atoms with E-state index in [1.807, 2.05) is 4.90 Å². The molecular formula is C16H22F2N2O. The van der Waals surface area contributed by atoms with E-state index in [1.54, 1.807) is 0 Å². The Bertz CT molecular complexity index is 486. The van der Waals surface area contributed by atoms with Gasteiger partial charge in [-0.1, -0.05) is 19.9 Å². The molecule has 116 valence electrons. The molecule has 0 amide bonds. The van der Waals surface area contributed by atoms with Crippen LogP contribution in [0.5, 0.6) is 0 Å². The van der Waals surface area contributed by atoms with E-state index < -0.39 is 17.7 Å². The highest BCUT2D eigenvalue weighted by Crippen LogP contribution is 2.18. The summed E-state index contributed by atoms with van der Waals surface area (Å²) in [6.45, 7) is 5.84. The fraction of sp³-hybridized carbons (Fsp3) is 0.562. The van der Waals surface area contributed by atoms with Crippen LogP contribution < -0.4 is 0 Å². The predicted molar refractivity (Wildman–Crippen MR) is 77.4 cm³/mol. The van der Waals surface area contributed by atoms with E-state index in [4.69, 9.17) is 5.26 Å². The molecule has 0 aromatic heterocycles. The molecule has 1 rings (SSSR count). The number of nitrogens with zero attached hydrogens (tertiary/aromatic N) is 2. The third kappa shape index (κ3) is 6.19. The zero-order valence-electron chi connectivity index (χ0n) is 12.5. The van der Waals surface area contributed by atoms with Crippen LogP contribution in [0.15, 0.2) is 18.2 Å². The van der Waals surface area contributed by atoms with Crippen LogP contribution in [0.25, 0.3) is 0 Å². The van der Waals surface area contributed by atoms with Crippen molar-refractivity contribution in [2.45, 2.75) is 32.8 Å². The molecule has 21 heavy (non-hydrogen) atoms. The van der Waals surface area contributed by atoms with Crippen molar-refractivity contribution in [3.05, 3.63) is 35.4 Å². The van der Waals surface area contributed by atoms with Gasteiger partial charge in [0.05, 0.1) is 12.2 Å². The molecule has 0 spiro atoms. The summed E-state index contributed by atoms with van der Waals surface area (Å²) in [6, 6.07) is 5.50. The van der Waals surface area contributed by atoms with E-state index in [0.29, 0.717) is 31.0 Å². The van der Waals surface area contributed by atoms with Gasteiger partial charge in [0.15, 0.2) is 11.6 Å². The molecule has 3 nitrogen and oxygen atoms in total. The molecule has 0 bridgehead atoms. The zero-order chi connectivity index (χ0) is 15.8. The Balaban J connectivity index is 2.67. The summed E-state index contributed by atoms with van der Waals surface area (Å²) in [5.41, 5.74) is 0.348. The van der Waals surface area contributed by atoms with Gasteiger partial charge >= 0.3 is 0 Å². The van der Waals surface area contributed by atoms with Crippen LogP contribution in [-0.4, -0.2) is 29.6 Å². The van der Waals surface area contributed by atoms with Crippen molar-refractivity contribution in [1.82, 2.24) is 4.90 Å². The van der Waals surface area contributed by atoms with Gasteiger partial charge in [0.25, 0.3) is 0 Å². The second-order valence-electron chi connectivity index (χ2n) is 5.58. The van der Waals surface area contributed by atoms with Crippen LogP contribution in [0.2, 0.25) is 0 Å². The Morgan fingerprint density at radius 3 is 2.52 bits per heavy atom. The molecular weight excluding hydrogens is 274 g/mol. The predicted octanol–water partition coefficient (Wildman–Crippen LogP) is 3.26. The van der Waals surface area contributed by atoms with Crippen LogP contribution in [0.3, 0.4) is 0 Å². The molecule has 1 atom stereocenters. The molecule has 0 aliphatic rings. The Hall–Kier alpha value is -1.51. The minimum atomic E-state index is -0.961. The summed E-state index contributed by atoms with van der Waals surface area (Å²) >= 11 is 0. The molecule has 1 aromatic rings. The summed E-state index contributed by atoms with van der Waals surface area (Å²) in [5, 5.41) is 18.8. The van der Waals surface area contributed by atoms with Gasteiger partial charge in [-0.3, -0.25) is 4.90 Å². The standard InChI is InChI=1S/C16H22F2N2O/c1-12(2)6-9-20(8-3-7-19)11-16(21)13-4-5-14(17)15(18)10-13/h4-5,10,12,16,21H,3,6,8-9,11H2,1-2H3. The SMILES string of the molecule is CC(C)CCN(CCC#N)CC(O)c1ccc(F)c(F)c1. The molecule has 0 aliphatic heterocycles. The van der Waals surface area contributed by atoms with Gasteiger partial charge in [0, 0.05) is 19.5 Å². The topological polar surface area (TPSA) is 47.3 Å². The van der Waals surface area contributed by atoms with E-state index in [9.17, 15) is 13.9 Å². The van der Waals surface area contributed by atoms with E-state index in [-0.39, 0.29) is 0 Å². The number of hydrogen-bond donors (Lipinski definition) is 1. The minimum absolute atomic E-state index is 0.305. The molecule has 1 aromatic carbocycles. The summed E-state index contributed by atoms with van der Waals surface area (Å²) in [5.74, 6) is -1.36. The number of nitriles is 1. The maximum absolute atomic E-state index is 13.2. The van der Waals surface area contributed by atoms with Crippen LogP contribution in [0, 0.1) is 28.9 Å². The molecule has 5 heteroatoms. The Labute approximate surface area is 124 Å². The lowest BCUT2D eigenvalue weighted by Crippen LogP contribution is -2.31. The average Bonchev–Trinajstić information content (AvgIpc) is 2.44. The number of benzene rings is 1. The maximum Gasteiger partial charge on any atom is 0.159 e. The van der Waals surface area contributed by atoms with E-state index in [1.165, 1.54) is 6.07 Å². The smallest absolute Gasteiger partial charge is 0.159 e. The third-order valence-corrected chi connectivity index (χ3v) is 3.32. The fourth-order valence-corrected chi connectivity index (χ4v) is 2.01. The van der Waals surface area contributed by atoms with Gasteiger partial charge in [0.2, 0.25) is 0 Å². The monoisotopic (exact) mass is 296 g/mol. The van der Waals surface area contributed by atoms with Crippen molar-refractivity contribution in [2.75, 3.05) is 19.6 Å². The number of aliphatic hydroxyl groups excluding tert-OH is 1. The summed E-state index contributed by atoms with van der Waals surface area (Å²) < 4.78 is 26.1. The van der Waals surface area contributed by atoms with Gasteiger partial charge in [-0.15, -0.1) is 0 Å². The largest absolute Gasteiger partial charge is 0.387 e. The van der Waals surface area contributed by atoms with Crippen molar-refractivity contribution in [1.29, 1.82) is 5.26 Å². The molecule has 1 unspecified atom stereocenters. The van der Waals surface area contributed by atoms with E-state index in [2.05, 4.69) is 19.9 Å². The highest BCUT2D eigenvalue weighted by Gasteiger charge is 2.15. The molecule has 1 N–H and O–H groups in total. The van der Waals surface area contributed by atoms with Gasteiger partial charge in [-0.25, -0.2) is 8.78 Å². The highest BCUT2D eigenvalue weighted by molar-refractivity contribution is 5.20. The van der Waals surface area contributed by atoms with Gasteiger partial charge in [0.1, 0.15) is 0 Å².